The average molecular weight is 286 g/mol. The minimum absolute atomic E-state index is 0.185. The van der Waals surface area contributed by atoms with Crippen LogP contribution in [0, 0.1) is 0 Å². The molecule has 6 nitrogen and oxygen atoms in total. The van der Waals surface area contributed by atoms with Gasteiger partial charge in [0.2, 0.25) is 5.56 Å². The number of aromatic nitrogens is 1. The summed E-state index contributed by atoms with van der Waals surface area (Å²) in [6, 6.07) is 10.8. The van der Waals surface area contributed by atoms with Crippen molar-refractivity contribution >= 4 is 11.9 Å². The van der Waals surface area contributed by atoms with Gasteiger partial charge in [-0.3, -0.25) is 14.4 Å². The Morgan fingerprint density at radius 1 is 1.19 bits per heavy atom. The molecule has 2 rings (SSSR count). The van der Waals surface area contributed by atoms with Crippen LogP contribution >= 0.6 is 0 Å². The standard InChI is InChI=1S/C15H14N2O4/c18-13-8-11(6-7-16-13)15(21)17-12(9-14(19)20)10-4-2-1-3-5-10/h1-8,12H,9H2,(H,16,18)(H,17,21)(H,19,20). The SMILES string of the molecule is O=C(O)CC(NC(=O)c1cc[nH]c(=O)c1)c1ccccc1. The van der Waals surface area contributed by atoms with Gasteiger partial charge in [0, 0.05) is 17.8 Å². The Hall–Kier alpha value is -2.89. The quantitative estimate of drug-likeness (QED) is 0.771. The van der Waals surface area contributed by atoms with Gasteiger partial charge in [-0.25, -0.2) is 0 Å². The average Bonchev–Trinajstić information content (AvgIpc) is 2.47. The number of rotatable bonds is 5. The maximum atomic E-state index is 12.1. The highest BCUT2D eigenvalue weighted by Crippen LogP contribution is 2.17. The zero-order chi connectivity index (χ0) is 15.2. The number of nitrogens with one attached hydrogen (secondary N) is 2. The van der Waals surface area contributed by atoms with Crippen molar-refractivity contribution in [3.8, 4) is 0 Å². The summed E-state index contributed by atoms with van der Waals surface area (Å²) in [6.07, 6.45) is 1.13. The summed E-state index contributed by atoms with van der Waals surface area (Å²) < 4.78 is 0. The summed E-state index contributed by atoms with van der Waals surface area (Å²) in [5, 5.41) is 11.6. The van der Waals surface area contributed by atoms with Crippen molar-refractivity contribution in [1.82, 2.24) is 10.3 Å². The molecule has 1 atom stereocenters. The van der Waals surface area contributed by atoms with E-state index in [1.165, 1.54) is 12.3 Å². The first kappa shape index (κ1) is 14.5. The number of carbonyl (C=O) groups is 2. The number of hydrogen-bond acceptors (Lipinski definition) is 3. The number of aromatic amines is 1. The lowest BCUT2D eigenvalue weighted by Crippen LogP contribution is -2.30. The van der Waals surface area contributed by atoms with Crippen molar-refractivity contribution in [2.24, 2.45) is 0 Å². The minimum Gasteiger partial charge on any atom is -0.481 e. The molecule has 0 aliphatic heterocycles. The van der Waals surface area contributed by atoms with E-state index in [9.17, 15) is 14.4 Å². The number of carboxylic acid groups (broad SMARTS) is 1. The van der Waals surface area contributed by atoms with E-state index in [0.717, 1.165) is 6.07 Å². The molecule has 1 aromatic heterocycles. The molecule has 21 heavy (non-hydrogen) atoms. The van der Waals surface area contributed by atoms with Crippen LogP contribution in [0.15, 0.2) is 53.5 Å². The van der Waals surface area contributed by atoms with Gasteiger partial charge >= 0.3 is 5.97 Å². The molecule has 1 heterocycles. The van der Waals surface area contributed by atoms with Crippen LogP contribution in [0.1, 0.15) is 28.4 Å². The summed E-state index contributed by atoms with van der Waals surface area (Å²) in [7, 11) is 0. The van der Waals surface area contributed by atoms with E-state index in [2.05, 4.69) is 10.3 Å². The number of benzene rings is 1. The van der Waals surface area contributed by atoms with Crippen molar-refractivity contribution in [2.45, 2.75) is 12.5 Å². The number of pyridine rings is 1. The maximum absolute atomic E-state index is 12.1. The zero-order valence-electron chi connectivity index (χ0n) is 11.1. The van der Waals surface area contributed by atoms with E-state index in [1.807, 2.05) is 0 Å². The van der Waals surface area contributed by atoms with E-state index in [0.29, 0.717) is 5.56 Å². The van der Waals surface area contributed by atoms with Gasteiger partial charge in [0.1, 0.15) is 0 Å². The van der Waals surface area contributed by atoms with Gasteiger partial charge in [-0.1, -0.05) is 30.3 Å². The van der Waals surface area contributed by atoms with E-state index < -0.39 is 23.5 Å². The Morgan fingerprint density at radius 2 is 1.90 bits per heavy atom. The smallest absolute Gasteiger partial charge is 0.305 e. The molecule has 6 heteroatoms. The van der Waals surface area contributed by atoms with E-state index in [4.69, 9.17) is 5.11 Å². The summed E-state index contributed by atoms with van der Waals surface area (Å²) >= 11 is 0. The highest BCUT2D eigenvalue weighted by molar-refractivity contribution is 5.94. The monoisotopic (exact) mass is 286 g/mol. The minimum atomic E-state index is -1.02. The van der Waals surface area contributed by atoms with E-state index in [1.54, 1.807) is 30.3 Å². The Morgan fingerprint density at radius 3 is 2.52 bits per heavy atom. The summed E-state index contributed by atoms with van der Waals surface area (Å²) in [5.41, 5.74) is 0.486. The third kappa shape index (κ3) is 4.04. The van der Waals surface area contributed by atoms with Crippen LogP contribution in [-0.4, -0.2) is 22.0 Å². The lowest BCUT2D eigenvalue weighted by molar-refractivity contribution is -0.137. The predicted octanol–water partition coefficient (Wildman–Crippen LogP) is 1.32. The Bertz CT molecular complexity index is 694. The highest BCUT2D eigenvalue weighted by atomic mass is 16.4. The normalized spacial score (nSPS) is 11.6. The second-order valence-electron chi connectivity index (χ2n) is 4.48. The van der Waals surface area contributed by atoms with E-state index in [-0.39, 0.29) is 12.0 Å². The largest absolute Gasteiger partial charge is 0.481 e. The summed E-state index contributed by atoms with van der Waals surface area (Å²) in [6.45, 7) is 0. The lowest BCUT2D eigenvalue weighted by Gasteiger charge is -2.17. The Balaban J connectivity index is 2.21. The number of H-pyrrole nitrogens is 1. The molecule has 1 unspecified atom stereocenters. The second-order valence-corrected chi connectivity index (χ2v) is 4.48. The molecule has 1 aromatic carbocycles. The van der Waals surface area contributed by atoms with Gasteiger partial charge in [-0.15, -0.1) is 0 Å². The fraction of sp³-hybridized carbons (Fsp3) is 0.133. The van der Waals surface area contributed by atoms with Crippen LogP contribution in [0.2, 0.25) is 0 Å². The Labute approximate surface area is 120 Å². The van der Waals surface area contributed by atoms with Crippen molar-refractivity contribution in [3.63, 3.8) is 0 Å². The van der Waals surface area contributed by atoms with Crippen molar-refractivity contribution in [3.05, 3.63) is 70.1 Å². The van der Waals surface area contributed by atoms with Crippen LogP contribution in [0.25, 0.3) is 0 Å². The molecule has 0 spiro atoms. The first-order valence-corrected chi connectivity index (χ1v) is 6.32. The molecular formula is C15H14N2O4. The predicted molar refractivity (Wildman–Crippen MR) is 76.0 cm³/mol. The molecule has 0 saturated carbocycles. The molecular weight excluding hydrogens is 272 g/mol. The van der Waals surface area contributed by atoms with Crippen molar-refractivity contribution in [1.29, 1.82) is 0 Å². The number of carboxylic acids is 1. The molecule has 1 amide bonds. The molecule has 3 N–H and O–H groups in total. The molecule has 0 aliphatic carbocycles. The molecule has 0 saturated heterocycles. The van der Waals surface area contributed by atoms with Crippen molar-refractivity contribution in [2.75, 3.05) is 0 Å². The van der Waals surface area contributed by atoms with Gasteiger partial charge in [-0.05, 0) is 11.6 Å². The number of carbonyl (C=O) groups excluding carboxylic acids is 1. The fourth-order valence-electron chi connectivity index (χ4n) is 1.94. The molecule has 0 aliphatic rings. The van der Waals surface area contributed by atoms with Crippen molar-refractivity contribution < 1.29 is 14.7 Å². The number of amides is 1. The molecule has 2 aromatic rings. The highest BCUT2D eigenvalue weighted by Gasteiger charge is 2.18. The number of aliphatic carboxylic acids is 1. The van der Waals surface area contributed by atoms with Crippen LogP contribution < -0.4 is 10.9 Å². The molecule has 108 valence electrons. The van der Waals surface area contributed by atoms with Crippen LogP contribution in [0.4, 0.5) is 0 Å². The Kier molecular flexibility index (Phi) is 4.50. The third-order valence-corrected chi connectivity index (χ3v) is 2.92. The first-order valence-electron chi connectivity index (χ1n) is 6.32. The van der Waals surface area contributed by atoms with Gasteiger partial charge in [0.05, 0.1) is 12.5 Å². The van der Waals surface area contributed by atoms with Gasteiger partial charge in [0.25, 0.3) is 5.91 Å². The zero-order valence-corrected chi connectivity index (χ0v) is 11.1. The summed E-state index contributed by atoms with van der Waals surface area (Å²) in [5.74, 6) is -1.51. The lowest BCUT2D eigenvalue weighted by atomic mass is 10.0. The first-order chi connectivity index (χ1) is 10.1. The van der Waals surface area contributed by atoms with E-state index >= 15 is 0 Å². The van der Waals surface area contributed by atoms with Crippen LogP contribution in [0.3, 0.4) is 0 Å². The van der Waals surface area contributed by atoms with Crippen LogP contribution in [0.5, 0.6) is 0 Å². The molecule has 0 radical (unpaired) electrons. The maximum Gasteiger partial charge on any atom is 0.305 e. The fourth-order valence-corrected chi connectivity index (χ4v) is 1.94. The van der Waals surface area contributed by atoms with Gasteiger partial charge in [-0.2, -0.15) is 0 Å². The molecule has 0 fully saturated rings. The summed E-state index contributed by atoms with van der Waals surface area (Å²) in [4.78, 5) is 36.7. The van der Waals surface area contributed by atoms with Gasteiger partial charge < -0.3 is 15.4 Å². The topological polar surface area (TPSA) is 99.3 Å². The number of hydrogen-bond donors (Lipinski definition) is 3. The molecule has 0 bridgehead atoms. The van der Waals surface area contributed by atoms with Crippen LogP contribution in [-0.2, 0) is 4.79 Å². The second kappa shape index (κ2) is 6.51. The third-order valence-electron chi connectivity index (χ3n) is 2.92. The van der Waals surface area contributed by atoms with Gasteiger partial charge in [0.15, 0.2) is 0 Å².